The Labute approximate surface area is 136 Å². The van der Waals surface area contributed by atoms with Crippen molar-refractivity contribution >= 4 is 33.4 Å². The van der Waals surface area contributed by atoms with Crippen LogP contribution in [0.5, 0.6) is 0 Å². The largest absolute Gasteiger partial charge is 0.444 e. The van der Waals surface area contributed by atoms with E-state index in [1.165, 1.54) is 12.1 Å². The monoisotopic (exact) mass is 371 g/mol. The molecule has 0 radical (unpaired) electrons. The fourth-order valence-corrected chi connectivity index (χ4v) is 2.36. The predicted molar refractivity (Wildman–Crippen MR) is 86.0 cm³/mol. The topological polar surface area (TPSA) is 84.7 Å². The Morgan fingerprint density at radius 2 is 2.09 bits per heavy atom. The van der Waals surface area contributed by atoms with Gasteiger partial charge in [0, 0.05) is 29.7 Å². The van der Waals surface area contributed by atoms with Gasteiger partial charge in [-0.25, -0.2) is 4.79 Å². The minimum absolute atomic E-state index is 0.0222. The van der Waals surface area contributed by atoms with Gasteiger partial charge in [0.1, 0.15) is 5.60 Å². The molecular weight excluding hydrogens is 354 g/mol. The molecule has 1 amide bonds. The van der Waals surface area contributed by atoms with Gasteiger partial charge in [-0.15, -0.1) is 0 Å². The molecule has 0 atom stereocenters. The molecule has 0 aromatic heterocycles. The molecule has 22 heavy (non-hydrogen) atoms. The quantitative estimate of drug-likeness (QED) is 0.650. The van der Waals surface area contributed by atoms with Crippen molar-refractivity contribution in [3.63, 3.8) is 0 Å². The van der Waals surface area contributed by atoms with E-state index in [1.807, 2.05) is 20.8 Å². The number of nitro groups is 1. The predicted octanol–water partition coefficient (Wildman–Crippen LogP) is 3.39. The third-order valence-corrected chi connectivity index (χ3v) is 3.75. The van der Waals surface area contributed by atoms with Gasteiger partial charge in [-0.2, -0.15) is 0 Å². The van der Waals surface area contributed by atoms with Gasteiger partial charge in [-0.1, -0.05) is 0 Å². The molecule has 2 rings (SSSR count). The number of halogens is 1. The van der Waals surface area contributed by atoms with Crippen molar-refractivity contribution in [2.24, 2.45) is 0 Å². The molecule has 120 valence electrons. The van der Waals surface area contributed by atoms with E-state index in [-0.39, 0.29) is 17.8 Å². The van der Waals surface area contributed by atoms with Gasteiger partial charge in [-0.05, 0) is 42.8 Å². The van der Waals surface area contributed by atoms with E-state index in [2.05, 4.69) is 21.2 Å². The highest BCUT2D eigenvalue weighted by Gasteiger charge is 2.34. The second-order valence-electron chi connectivity index (χ2n) is 6.15. The van der Waals surface area contributed by atoms with Crippen molar-refractivity contribution in [1.29, 1.82) is 0 Å². The maximum atomic E-state index is 11.8. The highest BCUT2D eigenvalue weighted by Crippen LogP contribution is 2.29. The average Bonchev–Trinajstić information content (AvgIpc) is 2.32. The number of hydrogen-bond donors (Lipinski definition) is 1. The molecule has 1 aromatic rings. The maximum Gasteiger partial charge on any atom is 0.410 e. The summed E-state index contributed by atoms with van der Waals surface area (Å²) in [6.07, 6.45) is -0.344. The number of hydrogen-bond acceptors (Lipinski definition) is 5. The molecule has 0 spiro atoms. The first-order valence-electron chi connectivity index (χ1n) is 6.84. The van der Waals surface area contributed by atoms with Crippen molar-refractivity contribution < 1.29 is 14.5 Å². The SMILES string of the molecule is CC(C)(C)OC(=O)N1CC(Nc2cc([N+](=O)[O-])ccc2Br)C1. The van der Waals surface area contributed by atoms with Crippen molar-refractivity contribution in [3.05, 3.63) is 32.8 Å². The van der Waals surface area contributed by atoms with Crippen molar-refractivity contribution in [1.82, 2.24) is 4.90 Å². The standard InChI is InChI=1S/C14H18BrN3O4/c1-14(2,3)22-13(19)17-7-9(8-17)16-12-6-10(18(20)21)4-5-11(12)15/h4-6,9,16H,7-8H2,1-3H3. The molecule has 0 bridgehead atoms. The summed E-state index contributed by atoms with van der Waals surface area (Å²) >= 11 is 3.35. The fraction of sp³-hybridized carbons (Fsp3) is 0.500. The number of rotatable bonds is 3. The fourth-order valence-electron chi connectivity index (χ4n) is 2.00. The van der Waals surface area contributed by atoms with Crippen molar-refractivity contribution in [2.75, 3.05) is 18.4 Å². The number of carbonyl (C=O) groups is 1. The molecular formula is C14H18BrN3O4. The zero-order chi connectivity index (χ0) is 16.5. The Balaban J connectivity index is 1.91. The van der Waals surface area contributed by atoms with Crippen LogP contribution in [0.15, 0.2) is 22.7 Å². The Hall–Kier alpha value is -1.83. The normalized spacial score (nSPS) is 15.2. The summed E-state index contributed by atoms with van der Waals surface area (Å²) in [5.74, 6) is 0. The number of likely N-dealkylation sites (tertiary alicyclic amines) is 1. The zero-order valence-corrected chi connectivity index (χ0v) is 14.2. The van der Waals surface area contributed by atoms with Gasteiger partial charge >= 0.3 is 6.09 Å². The van der Waals surface area contributed by atoms with E-state index in [1.54, 1.807) is 11.0 Å². The number of non-ortho nitro benzene ring substituents is 1. The van der Waals surface area contributed by atoms with Crippen molar-refractivity contribution in [3.8, 4) is 0 Å². The molecule has 1 aliphatic rings. The summed E-state index contributed by atoms with van der Waals surface area (Å²) in [6.45, 7) is 6.47. The number of ether oxygens (including phenoxy) is 1. The zero-order valence-electron chi connectivity index (χ0n) is 12.6. The van der Waals surface area contributed by atoms with E-state index < -0.39 is 10.5 Å². The van der Waals surface area contributed by atoms with E-state index in [0.717, 1.165) is 4.47 Å². The minimum Gasteiger partial charge on any atom is -0.444 e. The lowest BCUT2D eigenvalue weighted by Crippen LogP contribution is -2.57. The van der Waals surface area contributed by atoms with Crippen LogP contribution in [0.4, 0.5) is 16.2 Å². The third-order valence-electron chi connectivity index (χ3n) is 3.05. The van der Waals surface area contributed by atoms with Crippen LogP contribution in [0.25, 0.3) is 0 Å². The van der Waals surface area contributed by atoms with Gasteiger partial charge in [0.25, 0.3) is 5.69 Å². The molecule has 0 aliphatic carbocycles. The lowest BCUT2D eigenvalue weighted by Gasteiger charge is -2.40. The van der Waals surface area contributed by atoms with Crippen LogP contribution in [0.2, 0.25) is 0 Å². The van der Waals surface area contributed by atoms with Crippen LogP contribution < -0.4 is 5.32 Å². The highest BCUT2D eigenvalue weighted by molar-refractivity contribution is 9.10. The van der Waals surface area contributed by atoms with Gasteiger partial charge in [-0.3, -0.25) is 10.1 Å². The van der Waals surface area contributed by atoms with Crippen LogP contribution in [0, 0.1) is 10.1 Å². The van der Waals surface area contributed by atoms with Gasteiger partial charge in [0.15, 0.2) is 0 Å². The Morgan fingerprint density at radius 3 is 2.64 bits per heavy atom. The molecule has 1 saturated heterocycles. The highest BCUT2D eigenvalue weighted by atomic mass is 79.9. The second-order valence-corrected chi connectivity index (χ2v) is 7.00. The molecule has 0 saturated carbocycles. The first-order chi connectivity index (χ1) is 10.2. The summed E-state index contributed by atoms with van der Waals surface area (Å²) < 4.78 is 6.02. The molecule has 7 nitrogen and oxygen atoms in total. The van der Waals surface area contributed by atoms with Crippen LogP contribution in [-0.4, -0.2) is 40.6 Å². The lowest BCUT2D eigenvalue weighted by molar-refractivity contribution is -0.384. The lowest BCUT2D eigenvalue weighted by atomic mass is 10.1. The first kappa shape index (κ1) is 16.5. The molecule has 1 fully saturated rings. The molecule has 8 heteroatoms. The Morgan fingerprint density at radius 1 is 1.45 bits per heavy atom. The van der Waals surface area contributed by atoms with Crippen LogP contribution in [0.3, 0.4) is 0 Å². The number of nitrogens with zero attached hydrogens (tertiary/aromatic N) is 2. The molecule has 1 N–H and O–H groups in total. The maximum absolute atomic E-state index is 11.8. The summed E-state index contributed by atoms with van der Waals surface area (Å²) in [6, 6.07) is 4.58. The number of benzene rings is 1. The molecule has 0 unspecified atom stereocenters. The van der Waals surface area contributed by atoms with Gasteiger partial charge in [0.05, 0.1) is 16.7 Å². The van der Waals surface area contributed by atoms with E-state index in [9.17, 15) is 14.9 Å². The first-order valence-corrected chi connectivity index (χ1v) is 7.63. The van der Waals surface area contributed by atoms with Gasteiger partial charge in [0.2, 0.25) is 0 Å². The summed E-state index contributed by atoms with van der Waals surface area (Å²) in [7, 11) is 0. The van der Waals surface area contributed by atoms with Crippen molar-refractivity contribution in [2.45, 2.75) is 32.4 Å². The summed E-state index contributed by atoms with van der Waals surface area (Å²) in [5, 5.41) is 14.0. The number of carbonyl (C=O) groups excluding carboxylic acids is 1. The average molecular weight is 372 g/mol. The smallest absolute Gasteiger partial charge is 0.410 e. The van der Waals surface area contributed by atoms with Gasteiger partial charge < -0.3 is 15.0 Å². The molecule has 1 heterocycles. The number of anilines is 1. The van der Waals surface area contributed by atoms with Crippen LogP contribution in [0.1, 0.15) is 20.8 Å². The minimum atomic E-state index is -0.515. The molecule has 1 aliphatic heterocycles. The number of amides is 1. The van der Waals surface area contributed by atoms with E-state index >= 15 is 0 Å². The summed E-state index contributed by atoms with van der Waals surface area (Å²) in [4.78, 5) is 23.8. The Kier molecular flexibility index (Phi) is 4.60. The molecule has 1 aromatic carbocycles. The Bertz CT molecular complexity index is 594. The van der Waals surface area contributed by atoms with E-state index in [0.29, 0.717) is 18.8 Å². The van der Waals surface area contributed by atoms with Crippen LogP contribution >= 0.6 is 15.9 Å². The number of nitrogens with one attached hydrogen (secondary N) is 1. The summed E-state index contributed by atoms with van der Waals surface area (Å²) in [5.41, 5.74) is 0.149. The van der Waals surface area contributed by atoms with E-state index in [4.69, 9.17) is 4.74 Å². The second kappa shape index (κ2) is 6.12. The van der Waals surface area contributed by atoms with Crippen LogP contribution in [-0.2, 0) is 4.74 Å². The number of nitro benzene ring substituents is 1. The third kappa shape index (κ3) is 4.09.